The zero-order valence-corrected chi connectivity index (χ0v) is 10.2. The van der Waals surface area contributed by atoms with Crippen LogP contribution in [0.15, 0.2) is 24.3 Å². The number of hydrogen-bond acceptors (Lipinski definition) is 2. The number of amides is 1. The summed E-state index contributed by atoms with van der Waals surface area (Å²) in [4.78, 5) is 11.8. The summed E-state index contributed by atoms with van der Waals surface area (Å²) in [6, 6.07) is 8.04. The maximum atomic E-state index is 11.8. The summed E-state index contributed by atoms with van der Waals surface area (Å²) in [6.45, 7) is 2.86. The molecule has 0 saturated carbocycles. The van der Waals surface area contributed by atoms with Crippen LogP contribution in [0.4, 0.5) is 5.69 Å². The number of carbonyl (C=O) groups excluding carboxylic acids is 1. The van der Waals surface area contributed by atoms with Gasteiger partial charge in [0.15, 0.2) is 0 Å². The third-order valence-electron chi connectivity index (χ3n) is 2.98. The van der Waals surface area contributed by atoms with Crippen molar-refractivity contribution < 1.29 is 9.53 Å². The van der Waals surface area contributed by atoms with Crippen LogP contribution in [-0.4, -0.2) is 18.6 Å². The van der Waals surface area contributed by atoms with E-state index in [-0.39, 0.29) is 12.0 Å². The first-order chi connectivity index (χ1) is 8.29. The molecule has 1 saturated heterocycles. The molecular formula is C14H19NO2. The molecule has 1 atom stereocenters. The summed E-state index contributed by atoms with van der Waals surface area (Å²) >= 11 is 0. The molecule has 0 aromatic heterocycles. The van der Waals surface area contributed by atoms with E-state index in [4.69, 9.17) is 4.74 Å². The second kappa shape index (κ2) is 5.82. The minimum absolute atomic E-state index is 0.0225. The molecule has 1 aromatic rings. The molecule has 1 heterocycles. The Labute approximate surface area is 102 Å². The molecule has 1 aromatic carbocycles. The lowest BCUT2D eigenvalue weighted by Crippen LogP contribution is -2.26. The molecule has 0 bridgehead atoms. The van der Waals surface area contributed by atoms with Crippen LogP contribution in [0.25, 0.3) is 0 Å². The van der Waals surface area contributed by atoms with Crippen molar-refractivity contribution >= 4 is 11.6 Å². The van der Waals surface area contributed by atoms with Gasteiger partial charge in [0, 0.05) is 12.3 Å². The van der Waals surface area contributed by atoms with Gasteiger partial charge in [0.05, 0.1) is 0 Å². The van der Waals surface area contributed by atoms with Gasteiger partial charge in [-0.1, -0.05) is 25.5 Å². The van der Waals surface area contributed by atoms with Crippen molar-refractivity contribution in [1.29, 1.82) is 0 Å². The van der Waals surface area contributed by atoms with Gasteiger partial charge in [-0.3, -0.25) is 4.79 Å². The summed E-state index contributed by atoms with van der Waals surface area (Å²) in [5, 5.41) is 2.89. The molecule has 0 radical (unpaired) electrons. The Bertz CT molecular complexity index is 366. The second-order valence-corrected chi connectivity index (χ2v) is 4.44. The van der Waals surface area contributed by atoms with Crippen molar-refractivity contribution in [2.75, 3.05) is 11.9 Å². The second-order valence-electron chi connectivity index (χ2n) is 4.44. The minimum Gasteiger partial charge on any atom is -0.368 e. The quantitative estimate of drug-likeness (QED) is 0.868. The Morgan fingerprint density at radius 2 is 2.18 bits per heavy atom. The monoisotopic (exact) mass is 233 g/mol. The molecule has 1 unspecified atom stereocenters. The fourth-order valence-electron chi connectivity index (χ4n) is 2.05. The fourth-order valence-corrected chi connectivity index (χ4v) is 2.05. The Morgan fingerprint density at radius 1 is 1.41 bits per heavy atom. The van der Waals surface area contributed by atoms with Crippen LogP contribution in [0.5, 0.6) is 0 Å². The molecular weight excluding hydrogens is 214 g/mol. The van der Waals surface area contributed by atoms with Crippen molar-refractivity contribution in [3.63, 3.8) is 0 Å². The number of anilines is 1. The first-order valence-corrected chi connectivity index (χ1v) is 6.31. The number of hydrogen-bond donors (Lipinski definition) is 1. The van der Waals surface area contributed by atoms with Gasteiger partial charge in [-0.05, 0) is 37.0 Å². The van der Waals surface area contributed by atoms with E-state index in [9.17, 15) is 4.79 Å². The predicted octanol–water partition coefficient (Wildman–Crippen LogP) is 2.76. The normalized spacial score (nSPS) is 19.2. The van der Waals surface area contributed by atoms with Crippen molar-refractivity contribution in [3.8, 4) is 0 Å². The molecule has 2 rings (SSSR count). The number of benzene rings is 1. The first-order valence-electron chi connectivity index (χ1n) is 6.31. The average molecular weight is 233 g/mol. The summed E-state index contributed by atoms with van der Waals surface area (Å²) in [6.07, 6.45) is 3.78. The SMILES string of the molecule is CCCc1ccc(NC(=O)C2CCCO2)cc1. The smallest absolute Gasteiger partial charge is 0.253 e. The molecule has 3 heteroatoms. The zero-order valence-electron chi connectivity index (χ0n) is 10.2. The number of aryl methyl sites for hydroxylation is 1. The predicted molar refractivity (Wildman–Crippen MR) is 68.0 cm³/mol. The molecule has 1 amide bonds. The number of carbonyl (C=O) groups is 1. The van der Waals surface area contributed by atoms with Gasteiger partial charge in [0.1, 0.15) is 6.10 Å². The summed E-state index contributed by atoms with van der Waals surface area (Å²) in [5.41, 5.74) is 2.16. The lowest BCUT2D eigenvalue weighted by Gasteiger charge is -2.10. The third kappa shape index (κ3) is 3.30. The fraction of sp³-hybridized carbons (Fsp3) is 0.500. The highest BCUT2D eigenvalue weighted by atomic mass is 16.5. The van der Waals surface area contributed by atoms with Gasteiger partial charge in [-0.25, -0.2) is 0 Å². The molecule has 17 heavy (non-hydrogen) atoms. The van der Waals surface area contributed by atoms with Gasteiger partial charge < -0.3 is 10.1 Å². The van der Waals surface area contributed by atoms with Crippen LogP contribution in [0.1, 0.15) is 31.7 Å². The van der Waals surface area contributed by atoms with Crippen LogP contribution >= 0.6 is 0 Å². The van der Waals surface area contributed by atoms with E-state index in [0.29, 0.717) is 6.61 Å². The Morgan fingerprint density at radius 3 is 2.76 bits per heavy atom. The molecule has 1 aliphatic heterocycles. The van der Waals surface area contributed by atoms with Crippen LogP contribution in [0, 0.1) is 0 Å². The largest absolute Gasteiger partial charge is 0.368 e. The van der Waals surface area contributed by atoms with Crippen LogP contribution in [-0.2, 0) is 16.0 Å². The molecule has 1 N–H and O–H groups in total. The number of nitrogens with one attached hydrogen (secondary N) is 1. The maximum Gasteiger partial charge on any atom is 0.253 e. The topological polar surface area (TPSA) is 38.3 Å². The van der Waals surface area contributed by atoms with Crippen molar-refractivity contribution in [2.45, 2.75) is 38.7 Å². The first kappa shape index (κ1) is 12.1. The van der Waals surface area contributed by atoms with E-state index < -0.39 is 0 Å². The summed E-state index contributed by atoms with van der Waals surface area (Å²) < 4.78 is 5.34. The van der Waals surface area contributed by atoms with Crippen LogP contribution < -0.4 is 5.32 Å². The zero-order chi connectivity index (χ0) is 12.1. The molecule has 0 aliphatic carbocycles. The van der Waals surface area contributed by atoms with E-state index in [1.807, 2.05) is 12.1 Å². The molecule has 1 fully saturated rings. The number of rotatable bonds is 4. The lowest BCUT2D eigenvalue weighted by atomic mass is 10.1. The molecule has 1 aliphatic rings. The van der Waals surface area contributed by atoms with Gasteiger partial charge >= 0.3 is 0 Å². The van der Waals surface area contributed by atoms with Crippen LogP contribution in [0.3, 0.4) is 0 Å². The Hall–Kier alpha value is -1.35. The highest BCUT2D eigenvalue weighted by molar-refractivity contribution is 5.94. The van der Waals surface area contributed by atoms with Gasteiger partial charge in [-0.15, -0.1) is 0 Å². The number of ether oxygens (including phenoxy) is 1. The Kier molecular flexibility index (Phi) is 4.15. The van der Waals surface area contributed by atoms with E-state index in [1.54, 1.807) is 0 Å². The van der Waals surface area contributed by atoms with E-state index in [2.05, 4.69) is 24.4 Å². The van der Waals surface area contributed by atoms with E-state index in [1.165, 1.54) is 5.56 Å². The van der Waals surface area contributed by atoms with Crippen LogP contribution in [0.2, 0.25) is 0 Å². The average Bonchev–Trinajstić information content (AvgIpc) is 2.86. The van der Waals surface area contributed by atoms with E-state index >= 15 is 0 Å². The standard InChI is InChI=1S/C14H19NO2/c1-2-4-11-6-8-12(9-7-11)15-14(16)13-5-3-10-17-13/h6-9,13H,2-5,10H2,1H3,(H,15,16). The lowest BCUT2D eigenvalue weighted by molar-refractivity contribution is -0.124. The highest BCUT2D eigenvalue weighted by Gasteiger charge is 2.23. The molecule has 0 spiro atoms. The highest BCUT2D eigenvalue weighted by Crippen LogP contribution is 2.16. The Balaban J connectivity index is 1.91. The van der Waals surface area contributed by atoms with Crippen molar-refractivity contribution in [3.05, 3.63) is 29.8 Å². The third-order valence-corrected chi connectivity index (χ3v) is 2.98. The van der Waals surface area contributed by atoms with Gasteiger partial charge in [-0.2, -0.15) is 0 Å². The van der Waals surface area contributed by atoms with Crippen molar-refractivity contribution in [2.24, 2.45) is 0 Å². The maximum absolute atomic E-state index is 11.8. The van der Waals surface area contributed by atoms with E-state index in [0.717, 1.165) is 31.4 Å². The van der Waals surface area contributed by atoms with Gasteiger partial charge in [0.25, 0.3) is 5.91 Å². The molecule has 92 valence electrons. The minimum atomic E-state index is -0.259. The summed E-state index contributed by atoms with van der Waals surface area (Å²) in [7, 11) is 0. The summed E-state index contributed by atoms with van der Waals surface area (Å²) in [5.74, 6) is -0.0225. The molecule has 3 nitrogen and oxygen atoms in total. The van der Waals surface area contributed by atoms with Gasteiger partial charge in [0.2, 0.25) is 0 Å². The van der Waals surface area contributed by atoms with Crippen molar-refractivity contribution in [1.82, 2.24) is 0 Å².